The zero-order chi connectivity index (χ0) is 12.3. The minimum absolute atomic E-state index is 0.109. The number of hydrogen-bond donors (Lipinski definition) is 0. The summed E-state index contributed by atoms with van der Waals surface area (Å²) >= 11 is 0. The molecule has 0 N–H and O–H groups in total. The Kier molecular flexibility index (Phi) is 3.82. The molecule has 17 heavy (non-hydrogen) atoms. The molecule has 1 aliphatic heterocycles. The van der Waals surface area contributed by atoms with Crippen molar-refractivity contribution in [1.29, 1.82) is 0 Å². The number of likely N-dealkylation sites (N-methyl/N-ethyl adjacent to an activating group) is 1. The predicted molar refractivity (Wildman–Crippen MR) is 69.7 cm³/mol. The maximum absolute atomic E-state index is 13.4. The molecule has 0 saturated carbocycles. The summed E-state index contributed by atoms with van der Waals surface area (Å²) in [6.45, 7) is 4.44. The van der Waals surface area contributed by atoms with Crippen LogP contribution >= 0.6 is 0 Å². The quantitative estimate of drug-likeness (QED) is 0.756. The van der Waals surface area contributed by atoms with Crippen molar-refractivity contribution in [3.63, 3.8) is 0 Å². The van der Waals surface area contributed by atoms with Crippen LogP contribution in [0.3, 0.4) is 0 Å². The maximum atomic E-state index is 13.4. The topological polar surface area (TPSA) is 3.24 Å². The summed E-state index contributed by atoms with van der Waals surface area (Å²) in [5.41, 5.74) is 1.32. The van der Waals surface area contributed by atoms with Gasteiger partial charge in [0.15, 0.2) is 0 Å². The third kappa shape index (κ3) is 2.68. The zero-order valence-corrected chi connectivity index (χ0v) is 10.9. The van der Waals surface area contributed by atoms with Crippen LogP contribution in [0.2, 0.25) is 0 Å². The van der Waals surface area contributed by atoms with Crippen molar-refractivity contribution in [3.8, 4) is 0 Å². The molecule has 1 aliphatic rings. The third-order valence-corrected chi connectivity index (χ3v) is 4.13. The Labute approximate surface area is 104 Å². The van der Waals surface area contributed by atoms with E-state index in [0.29, 0.717) is 0 Å². The van der Waals surface area contributed by atoms with E-state index in [1.54, 1.807) is 6.07 Å². The molecule has 0 radical (unpaired) electrons. The average molecular weight is 234 g/mol. The van der Waals surface area contributed by atoms with E-state index in [4.69, 9.17) is 0 Å². The minimum Gasteiger partial charge on any atom is -0.305 e. The highest BCUT2D eigenvalue weighted by molar-refractivity contribution is 5.27. The number of hydrogen-bond acceptors (Lipinski definition) is 1. The fourth-order valence-electron chi connectivity index (χ4n) is 3.07. The van der Waals surface area contributed by atoms with Gasteiger partial charge in [0.1, 0.15) is 5.82 Å². The summed E-state index contributed by atoms with van der Waals surface area (Å²) in [5, 5.41) is 0. The Morgan fingerprint density at radius 3 is 2.88 bits per heavy atom. The number of rotatable bonds is 2. The van der Waals surface area contributed by atoms with Crippen molar-refractivity contribution in [2.45, 2.75) is 38.0 Å². The van der Waals surface area contributed by atoms with Crippen LogP contribution in [-0.4, -0.2) is 25.0 Å². The largest absolute Gasteiger partial charge is 0.305 e. The highest BCUT2D eigenvalue weighted by Crippen LogP contribution is 2.36. The molecule has 2 heteroatoms. The first-order chi connectivity index (χ1) is 8.16. The summed E-state index contributed by atoms with van der Waals surface area (Å²) in [6.07, 6.45) is 4.76. The molecular weight excluding hydrogens is 212 g/mol. The van der Waals surface area contributed by atoms with Gasteiger partial charge in [-0.3, -0.25) is 0 Å². The lowest BCUT2D eigenvalue weighted by Crippen LogP contribution is -2.37. The summed E-state index contributed by atoms with van der Waals surface area (Å²) in [4.78, 5) is 2.39. The van der Waals surface area contributed by atoms with E-state index in [0.717, 1.165) is 19.5 Å². The molecule has 1 aromatic carbocycles. The van der Waals surface area contributed by atoms with E-state index in [1.165, 1.54) is 30.9 Å². The summed E-state index contributed by atoms with van der Waals surface area (Å²) in [5.74, 6) is -0.109. The van der Waals surface area contributed by atoms with Crippen LogP contribution in [0.1, 0.15) is 38.2 Å². The number of halogens is 1. The van der Waals surface area contributed by atoms with Crippen LogP contribution in [0, 0.1) is 5.82 Å². The molecule has 2 rings (SSSR count). The highest BCUT2D eigenvalue weighted by atomic mass is 18.2. The van der Waals surface area contributed by atoms with Crippen molar-refractivity contribution >= 4 is 0 Å². The molecule has 94 valence electrons. The molecule has 0 aliphatic carbocycles. The van der Waals surface area contributed by atoms with Gasteiger partial charge in [0.2, 0.25) is 0 Å². The molecular formula is C15H22FN. The van der Waals surface area contributed by atoms with Crippen LogP contribution in [0.25, 0.3) is 0 Å². The Morgan fingerprint density at radius 2 is 2.18 bits per heavy atom. The molecule has 1 unspecified atom stereocenters. The Bertz CT molecular complexity index is 377. The molecule has 1 atom stereocenters. The molecule has 1 fully saturated rings. The van der Waals surface area contributed by atoms with Crippen molar-refractivity contribution in [3.05, 3.63) is 35.6 Å². The van der Waals surface area contributed by atoms with Crippen molar-refractivity contribution in [2.24, 2.45) is 0 Å². The SMILES string of the molecule is CCC1(c2cccc([18F])c2)CCCCN(C)C1. The van der Waals surface area contributed by atoms with Crippen LogP contribution in [0.15, 0.2) is 24.3 Å². The van der Waals surface area contributed by atoms with Crippen molar-refractivity contribution in [2.75, 3.05) is 20.1 Å². The summed E-state index contributed by atoms with van der Waals surface area (Å²) < 4.78 is 13.4. The standard InChI is InChI=1S/C15H22FN/c1-3-15(9-4-5-10-17(2)12-15)13-7-6-8-14(16)11-13/h6-8,11H,3-5,9-10,12H2,1-2H3/i16-1. The van der Waals surface area contributed by atoms with Gasteiger partial charge in [0, 0.05) is 12.0 Å². The van der Waals surface area contributed by atoms with Crippen LogP contribution in [0.4, 0.5) is 4.39 Å². The zero-order valence-electron chi connectivity index (χ0n) is 10.9. The third-order valence-electron chi connectivity index (χ3n) is 4.13. The van der Waals surface area contributed by atoms with Gasteiger partial charge in [-0.2, -0.15) is 0 Å². The smallest absolute Gasteiger partial charge is 0.123 e. The lowest BCUT2D eigenvalue weighted by molar-refractivity contribution is 0.256. The first kappa shape index (κ1) is 12.6. The molecule has 1 nitrogen and oxygen atoms in total. The molecule has 0 bridgehead atoms. The van der Waals surface area contributed by atoms with Gasteiger partial charge in [0.05, 0.1) is 0 Å². The van der Waals surface area contributed by atoms with Crippen molar-refractivity contribution in [1.82, 2.24) is 4.90 Å². The van der Waals surface area contributed by atoms with Gasteiger partial charge in [-0.25, -0.2) is 4.39 Å². The van der Waals surface area contributed by atoms with Gasteiger partial charge >= 0.3 is 0 Å². The Hall–Kier alpha value is -0.890. The molecule has 0 amide bonds. The van der Waals surface area contributed by atoms with E-state index in [2.05, 4.69) is 24.9 Å². The molecule has 1 aromatic rings. The van der Waals surface area contributed by atoms with Gasteiger partial charge in [-0.15, -0.1) is 0 Å². The summed E-state index contributed by atoms with van der Waals surface area (Å²) in [6, 6.07) is 7.19. The Morgan fingerprint density at radius 1 is 1.35 bits per heavy atom. The lowest BCUT2D eigenvalue weighted by Gasteiger charge is -2.35. The number of likely N-dealkylation sites (tertiary alicyclic amines) is 1. The van der Waals surface area contributed by atoms with Crippen molar-refractivity contribution < 1.29 is 4.39 Å². The molecule has 1 heterocycles. The fraction of sp³-hybridized carbons (Fsp3) is 0.600. The number of nitrogens with zero attached hydrogens (tertiary/aromatic N) is 1. The molecule has 0 spiro atoms. The van der Waals surface area contributed by atoms with Gasteiger partial charge in [-0.1, -0.05) is 25.5 Å². The predicted octanol–water partition coefficient (Wildman–Crippen LogP) is 3.59. The fourth-order valence-corrected chi connectivity index (χ4v) is 3.07. The first-order valence-electron chi connectivity index (χ1n) is 6.61. The van der Waals surface area contributed by atoms with E-state index in [9.17, 15) is 4.39 Å². The summed E-state index contributed by atoms with van der Waals surface area (Å²) in [7, 11) is 2.18. The number of benzene rings is 1. The average Bonchev–Trinajstić information content (AvgIpc) is 2.52. The molecule has 0 aromatic heterocycles. The highest BCUT2D eigenvalue weighted by Gasteiger charge is 2.33. The monoisotopic (exact) mass is 234 g/mol. The normalized spacial score (nSPS) is 26.8. The second-order valence-electron chi connectivity index (χ2n) is 5.34. The second-order valence-corrected chi connectivity index (χ2v) is 5.34. The van der Waals surface area contributed by atoms with E-state index < -0.39 is 0 Å². The molecule has 1 saturated heterocycles. The van der Waals surface area contributed by atoms with Gasteiger partial charge in [-0.05, 0) is 50.6 Å². The maximum Gasteiger partial charge on any atom is 0.123 e. The minimum atomic E-state index is -0.109. The van der Waals surface area contributed by atoms with E-state index in [1.807, 2.05) is 6.07 Å². The van der Waals surface area contributed by atoms with Crippen LogP contribution in [-0.2, 0) is 5.41 Å². The van der Waals surface area contributed by atoms with E-state index >= 15 is 0 Å². The van der Waals surface area contributed by atoms with Gasteiger partial charge < -0.3 is 4.90 Å². The van der Waals surface area contributed by atoms with E-state index in [-0.39, 0.29) is 11.2 Å². The Balaban J connectivity index is 2.34. The van der Waals surface area contributed by atoms with Gasteiger partial charge in [0.25, 0.3) is 0 Å². The van der Waals surface area contributed by atoms with Crippen LogP contribution < -0.4 is 0 Å². The second kappa shape index (κ2) is 5.18. The lowest BCUT2D eigenvalue weighted by atomic mass is 9.74. The first-order valence-corrected chi connectivity index (χ1v) is 6.61. The van der Waals surface area contributed by atoms with Crippen LogP contribution in [0.5, 0.6) is 0 Å².